The topological polar surface area (TPSA) is 54.5 Å². The lowest BCUT2D eigenvalue weighted by molar-refractivity contribution is 0.395. The number of nitrogens with zero attached hydrogens (tertiary/aromatic N) is 4. The van der Waals surface area contributed by atoms with Crippen LogP contribution in [0.5, 0.6) is 0 Å². The highest BCUT2D eigenvalue weighted by Crippen LogP contribution is 2.37. The number of nitriles is 1. The van der Waals surface area contributed by atoms with Gasteiger partial charge in [-0.25, -0.2) is 0 Å². The molecule has 0 spiro atoms. The standard InChI is InChI=1S/C9H12N4/c1-13-9(7-3-2-4-7)8(5-6-10)11-12-13/h7H,2-5H2,1H3. The maximum atomic E-state index is 8.60. The summed E-state index contributed by atoms with van der Waals surface area (Å²) in [5.74, 6) is 0.600. The van der Waals surface area contributed by atoms with Crippen LogP contribution >= 0.6 is 0 Å². The molecule has 1 aromatic heterocycles. The van der Waals surface area contributed by atoms with Crippen LogP contribution in [0, 0.1) is 11.3 Å². The SMILES string of the molecule is Cn1nnc(CC#N)c1C1CCC1. The van der Waals surface area contributed by atoms with E-state index in [0.717, 1.165) is 5.69 Å². The van der Waals surface area contributed by atoms with Crippen molar-refractivity contribution in [3.8, 4) is 6.07 Å². The Morgan fingerprint density at radius 3 is 2.92 bits per heavy atom. The zero-order chi connectivity index (χ0) is 9.26. The molecule has 0 radical (unpaired) electrons. The largest absolute Gasteiger partial charge is 0.252 e. The fraction of sp³-hybridized carbons (Fsp3) is 0.667. The fourth-order valence-electron chi connectivity index (χ4n) is 1.79. The van der Waals surface area contributed by atoms with Crippen molar-refractivity contribution in [3.63, 3.8) is 0 Å². The Morgan fingerprint density at radius 1 is 1.62 bits per heavy atom. The van der Waals surface area contributed by atoms with E-state index in [1.54, 1.807) is 0 Å². The second-order valence-corrected chi connectivity index (χ2v) is 3.51. The minimum Gasteiger partial charge on any atom is -0.252 e. The van der Waals surface area contributed by atoms with E-state index in [0.29, 0.717) is 12.3 Å². The lowest BCUT2D eigenvalue weighted by Crippen LogP contribution is -2.14. The lowest BCUT2D eigenvalue weighted by atomic mass is 9.82. The molecule has 4 nitrogen and oxygen atoms in total. The molecule has 0 aliphatic heterocycles. The summed E-state index contributed by atoms with van der Waals surface area (Å²) in [7, 11) is 1.90. The Balaban J connectivity index is 2.29. The zero-order valence-corrected chi connectivity index (χ0v) is 7.69. The van der Waals surface area contributed by atoms with Crippen LogP contribution in [0.3, 0.4) is 0 Å². The van der Waals surface area contributed by atoms with Gasteiger partial charge in [-0.15, -0.1) is 5.10 Å². The highest BCUT2D eigenvalue weighted by atomic mass is 15.4. The van der Waals surface area contributed by atoms with Gasteiger partial charge in [0.15, 0.2) is 0 Å². The zero-order valence-electron chi connectivity index (χ0n) is 7.69. The monoisotopic (exact) mass is 176 g/mol. The first kappa shape index (κ1) is 8.24. The van der Waals surface area contributed by atoms with E-state index in [2.05, 4.69) is 16.4 Å². The molecule has 1 heterocycles. The summed E-state index contributed by atoms with van der Waals surface area (Å²) >= 11 is 0. The number of aromatic nitrogens is 3. The molecule has 0 N–H and O–H groups in total. The van der Waals surface area contributed by atoms with Gasteiger partial charge in [-0.3, -0.25) is 4.68 Å². The Morgan fingerprint density at radius 2 is 2.38 bits per heavy atom. The Kier molecular flexibility index (Phi) is 2.01. The molecule has 0 atom stereocenters. The Bertz CT molecular complexity index is 343. The third-order valence-electron chi connectivity index (χ3n) is 2.68. The average Bonchev–Trinajstić information content (AvgIpc) is 2.34. The van der Waals surface area contributed by atoms with Crippen molar-refractivity contribution >= 4 is 0 Å². The van der Waals surface area contributed by atoms with Gasteiger partial charge in [-0.05, 0) is 12.8 Å². The molecular formula is C9H12N4. The van der Waals surface area contributed by atoms with Crippen molar-refractivity contribution in [3.05, 3.63) is 11.4 Å². The van der Waals surface area contributed by atoms with Gasteiger partial charge >= 0.3 is 0 Å². The first-order valence-electron chi connectivity index (χ1n) is 4.58. The lowest BCUT2D eigenvalue weighted by Gasteiger charge is -2.25. The molecule has 1 fully saturated rings. The number of rotatable bonds is 2. The predicted molar refractivity (Wildman–Crippen MR) is 46.9 cm³/mol. The van der Waals surface area contributed by atoms with Crippen molar-refractivity contribution in [2.45, 2.75) is 31.6 Å². The van der Waals surface area contributed by atoms with Crippen LogP contribution in [-0.4, -0.2) is 15.0 Å². The van der Waals surface area contributed by atoms with E-state index in [9.17, 15) is 0 Å². The average molecular weight is 176 g/mol. The van der Waals surface area contributed by atoms with E-state index >= 15 is 0 Å². The van der Waals surface area contributed by atoms with Crippen LogP contribution in [-0.2, 0) is 13.5 Å². The van der Waals surface area contributed by atoms with Crippen LogP contribution in [0.1, 0.15) is 36.6 Å². The molecule has 1 saturated carbocycles. The summed E-state index contributed by atoms with van der Waals surface area (Å²) in [6.07, 6.45) is 4.13. The maximum absolute atomic E-state index is 8.60. The molecule has 13 heavy (non-hydrogen) atoms. The second kappa shape index (κ2) is 3.17. The van der Waals surface area contributed by atoms with E-state index < -0.39 is 0 Å². The Labute approximate surface area is 77.2 Å². The van der Waals surface area contributed by atoms with E-state index in [-0.39, 0.29) is 0 Å². The van der Waals surface area contributed by atoms with Gasteiger partial charge in [0.2, 0.25) is 0 Å². The summed E-state index contributed by atoms with van der Waals surface area (Å²) in [6, 6.07) is 2.12. The molecule has 1 aliphatic rings. The molecule has 1 aliphatic carbocycles. The van der Waals surface area contributed by atoms with Crippen LogP contribution < -0.4 is 0 Å². The summed E-state index contributed by atoms with van der Waals surface area (Å²) < 4.78 is 1.82. The number of aryl methyl sites for hydroxylation is 1. The number of hydrogen-bond donors (Lipinski definition) is 0. The molecule has 0 unspecified atom stereocenters. The van der Waals surface area contributed by atoms with Crippen LogP contribution in [0.15, 0.2) is 0 Å². The molecule has 2 rings (SSSR count). The van der Waals surface area contributed by atoms with Crippen molar-refractivity contribution < 1.29 is 0 Å². The summed E-state index contributed by atoms with van der Waals surface area (Å²) in [6.45, 7) is 0. The molecule has 0 amide bonds. The normalized spacial score (nSPS) is 16.6. The fourth-order valence-corrected chi connectivity index (χ4v) is 1.79. The van der Waals surface area contributed by atoms with Crippen LogP contribution in [0.4, 0.5) is 0 Å². The van der Waals surface area contributed by atoms with Gasteiger partial charge in [0.25, 0.3) is 0 Å². The Hall–Kier alpha value is -1.37. The highest BCUT2D eigenvalue weighted by molar-refractivity contribution is 5.20. The highest BCUT2D eigenvalue weighted by Gasteiger charge is 2.26. The van der Waals surface area contributed by atoms with E-state index in [1.165, 1.54) is 25.0 Å². The van der Waals surface area contributed by atoms with Crippen molar-refractivity contribution in [2.24, 2.45) is 7.05 Å². The van der Waals surface area contributed by atoms with Gasteiger partial charge in [0, 0.05) is 13.0 Å². The summed E-state index contributed by atoms with van der Waals surface area (Å²) in [5, 5.41) is 16.6. The maximum Gasteiger partial charge on any atom is 0.100 e. The predicted octanol–water partition coefficient (Wildman–Crippen LogP) is 1.15. The van der Waals surface area contributed by atoms with Crippen molar-refractivity contribution in [1.82, 2.24) is 15.0 Å². The quantitative estimate of drug-likeness (QED) is 0.679. The first-order chi connectivity index (χ1) is 6.33. The third-order valence-corrected chi connectivity index (χ3v) is 2.68. The molecule has 0 aromatic carbocycles. The summed E-state index contributed by atoms with van der Waals surface area (Å²) in [5.41, 5.74) is 2.04. The van der Waals surface area contributed by atoms with Gasteiger partial charge in [0.1, 0.15) is 5.69 Å². The summed E-state index contributed by atoms with van der Waals surface area (Å²) in [4.78, 5) is 0. The van der Waals surface area contributed by atoms with E-state index in [4.69, 9.17) is 5.26 Å². The van der Waals surface area contributed by atoms with Crippen LogP contribution in [0.25, 0.3) is 0 Å². The second-order valence-electron chi connectivity index (χ2n) is 3.51. The van der Waals surface area contributed by atoms with Crippen molar-refractivity contribution in [1.29, 1.82) is 5.26 Å². The molecule has 0 saturated heterocycles. The first-order valence-corrected chi connectivity index (χ1v) is 4.58. The van der Waals surface area contributed by atoms with Gasteiger partial charge in [0.05, 0.1) is 18.2 Å². The molecule has 68 valence electrons. The molecule has 0 bridgehead atoms. The van der Waals surface area contributed by atoms with Gasteiger partial charge in [-0.1, -0.05) is 11.6 Å². The van der Waals surface area contributed by atoms with Gasteiger partial charge in [-0.2, -0.15) is 5.26 Å². The molecular weight excluding hydrogens is 164 g/mol. The molecule has 1 aromatic rings. The van der Waals surface area contributed by atoms with Gasteiger partial charge < -0.3 is 0 Å². The smallest absolute Gasteiger partial charge is 0.100 e. The minimum absolute atomic E-state index is 0.389. The van der Waals surface area contributed by atoms with E-state index in [1.807, 2.05) is 11.7 Å². The molecule has 4 heteroatoms. The van der Waals surface area contributed by atoms with Crippen LogP contribution in [0.2, 0.25) is 0 Å². The minimum atomic E-state index is 0.389. The number of hydrogen-bond acceptors (Lipinski definition) is 3. The van der Waals surface area contributed by atoms with Crippen molar-refractivity contribution in [2.75, 3.05) is 0 Å². The third kappa shape index (κ3) is 1.31.